The number of pyridine rings is 1. The SMILES string of the molecule is Cc1cc(OCc2ccccc2F)ncc1N. The van der Waals surface area contributed by atoms with Gasteiger partial charge in [0.15, 0.2) is 0 Å². The highest BCUT2D eigenvalue weighted by atomic mass is 19.1. The fourth-order valence-electron chi connectivity index (χ4n) is 1.39. The van der Waals surface area contributed by atoms with Crippen molar-refractivity contribution in [2.24, 2.45) is 0 Å². The number of nitrogens with zero attached hydrogens (tertiary/aromatic N) is 1. The molecule has 0 radical (unpaired) electrons. The number of halogens is 1. The highest BCUT2D eigenvalue weighted by Crippen LogP contribution is 2.16. The van der Waals surface area contributed by atoms with Gasteiger partial charge in [0, 0.05) is 11.6 Å². The normalized spacial score (nSPS) is 10.2. The summed E-state index contributed by atoms with van der Waals surface area (Å²) < 4.78 is 18.7. The van der Waals surface area contributed by atoms with Gasteiger partial charge in [-0.3, -0.25) is 0 Å². The van der Waals surface area contributed by atoms with E-state index >= 15 is 0 Å². The molecule has 0 aliphatic carbocycles. The zero-order valence-electron chi connectivity index (χ0n) is 9.48. The first kappa shape index (κ1) is 11.4. The molecule has 3 nitrogen and oxygen atoms in total. The van der Waals surface area contributed by atoms with Crippen LogP contribution in [0.4, 0.5) is 10.1 Å². The van der Waals surface area contributed by atoms with E-state index in [2.05, 4.69) is 4.98 Å². The van der Waals surface area contributed by atoms with Crippen LogP contribution in [0.3, 0.4) is 0 Å². The first-order valence-electron chi connectivity index (χ1n) is 5.25. The van der Waals surface area contributed by atoms with E-state index in [4.69, 9.17) is 10.5 Å². The Hall–Kier alpha value is -2.10. The molecule has 0 unspecified atom stereocenters. The average molecular weight is 232 g/mol. The summed E-state index contributed by atoms with van der Waals surface area (Å²) in [5, 5.41) is 0. The van der Waals surface area contributed by atoms with E-state index in [0.717, 1.165) is 5.56 Å². The molecule has 0 amide bonds. The Bertz CT molecular complexity index is 529. The molecular weight excluding hydrogens is 219 g/mol. The molecule has 0 aliphatic heterocycles. The van der Waals surface area contributed by atoms with Gasteiger partial charge in [0.2, 0.25) is 5.88 Å². The van der Waals surface area contributed by atoms with Crippen LogP contribution in [-0.4, -0.2) is 4.98 Å². The van der Waals surface area contributed by atoms with E-state index in [1.54, 1.807) is 24.3 Å². The van der Waals surface area contributed by atoms with Crippen molar-refractivity contribution in [1.29, 1.82) is 0 Å². The second kappa shape index (κ2) is 4.82. The summed E-state index contributed by atoms with van der Waals surface area (Å²) in [5.41, 5.74) is 7.65. The Morgan fingerprint density at radius 3 is 2.82 bits per heavy atom. The predicted molar refractivity (Wildman–Crippen MR) is 64.1 cm³/mol. The summed E-state index contributed by atoms with van der Waals surface area (Å²) >= 11 is 0. The topological polar surface area (TPSA) is 48.1 Å². The monoisotopic (exact) mass is 232 g/mol. The van der Waals surface area contributed by atoms with E-state index in [9.17, 15) is 4.39 Å². The van der Waals surface area contributed by atoms with E-state index < -0.39 is 0 Å². The van der Waals surface area contributed by atoms with E-state index in [-0.39, 0.29) is 12.4 Å². The standard InChI is InChI=1S/C13H13FN2O/c1-9-6-13(16-7-12(9)15)17-8-10-4-2-3-5-11(10)14/h2-7H,8,15H2,1H3. The molecule has 4 heteroatoms. The van der Waals surface area contributed by atoms with Gasteiger partial charge in [0.05, 0.1) is 11.9 Å². The zero-order chi connectivity index (χ0) is 12.3. The maximum Gasteiger partial charge on any atom is 0.213 e. The van der Waals surface area contributed by atoms with Crippen molar-refractivity contribution in [2.75, 3.05) is 5.73 Å². The van der Waals surface area contributed by atoms with Crippen molar-refractivity contribution in [3.05, 3.63) is 53.5 Å². The van der Waals surface area contributed by atoms with Gasteiger partial charge in [-0.1, -0.05) is 18.2 Å². The number of rotatable bonds is 3. The van der Waals surface area contributed by atoms with Crippen LogP contribution in [0.25, 0.3) is 0 Å². The number of nitrogen functional groups attached to an aromatic ring is 1. The number of benzene rings is 1. The molecule has 1 heterocycles. The average Bonchev–Trinajstić information content (AvgIpc) is 2.32. The summed E-state index contributed by atoms with van der Waals surface area (Å²) in [6.07, 6.45) is 1.53. The molecule has 0 atom stereocenters. The summed E-state index contributed by atoms with van der Waals surface area (Å²) in [5.74, 6) is 0.166. The second-order valence-electron chi connectivity index (χ2n) is 3.76. The smallest absolute Gasteiger partial charge is 0.213 e. The minimum Gasteiger partial charge on any atom is -0.473 e. The molecule has 2 rings (SSSR count). The van der Waals surface area contributed by atoms with Gasteiger partial charge in [0.25, 0.3) is 0 Å². The fraction of sp³-hybridized carbons (Fsp3) is 0.154. The number of hydrogen-bond donors (Lipinski definition) is 1. The van der Waals surface area contributed by atoms with Gasteiger partial charge in [-0.25, -0.2) is 9.37 Å². The van der Waals surface area contributed by atoms with E-state index in [0.29, 0.717) is 17.1 Å². The van der Waals surface area contributed by atoms with Crippen LogP contribution < -0.4 is 10.5 Å². The van der Waals surface area contributed by atoms with Crippen LogP contribution in [0.15, 0.2) is 36.5 Å². The van der Waals surface area contributed by atoms with Crippen LogP contribution >= 0.6 is 0 Å². The molecule has 0 aliphatic rings. The third-order valence-electron chi connectivity index (χ3n) is 2.46. The first-order chi connectivity index (χ1) is 8.16. The molecule has 17 heavy (non-hydrogen) atoms. The molecule has 0 bridgehead atoms. The Morgan fingerprint density at radius 2 is 2.12 bits per heavy atom. The third-order valence-corrected chi connectivity index (χ3v) is 2.46. The number of aryl methyl sites for hydroxylation is 1. The Balaban J connectivity index is 2.08. The van der Waals surface area contributed by atoms with Gasteiger partial charge < -0.3 is 10.5 Å². The molecule has 0 saturated heterocycles. The zero-order valence-corrected chi connectivity index (χ0v) is 9.48. The van der Waals surface area contributed by atoms with Gasteiger partial charge in [-0.05, 0) is 18.6 Å². The quantitative estimate of drug-likeness (QED) is 0.885. The first-order valence-corrected chi connectivity index (χ1v) is 5.25. The highest BCUT2D eigenvalue weighted by Gasteiger charge is 2.03. The predicted octanol–water partition coefficient (Wildman–Crippen LogP) is 2.69. The molecule has 2 aromatic rings. The number of anilines is 1. The van der Waals surface area contributed by atoms with E-state index in [1.807, 2.05) is 6.92 Å². The van der Waals surface area contributed by atoms with Crippen LogP contribution in [0.5, 0.6) is 5.88 Å². The maximum absolute atomic E-state index is 13.3. The van der Waals surface area contributed by atoms with Crippen molar-refractivity contribution in [3.63, 3.8) is 0 Å². The van der Waals surface area contributed by atoms with Crippen molar-refractivity contribution in [1.82, 2.24) is 4.98 Å². The summed E-state index contributed by atoms with van der Waals surface area (Å²) in [6.45, 7) is 2.02. The van der Waals surface area contributed by atoms with Crippen LogP contribution in [0, 0.1) is 12.7 Å². The molecular formula is C13H13FN2O. The van der Waals surface area contributed by atoms with Crippen molar-refractivity contribution in [3.8, 4) is 5.88 Å². The lowest BCUT2D eigenvalue weighted by Gasteiger charge is -2.07. The molecule has 2 N–H and O–H groups in total. The minimum atomic E-state index is -0.278. The summed E-state index contributed by atoms with van der Waals surface area (Å²) in [6, 6.07) is 8.23. The largest absolute Gasteiger partial charge is 0.473 e. The Morgan fingerprint density at radius 1 is 1.35 bits per heavy atom. The lowest BCUT2D eigenvalue weighted by molar-refractivity contribution is 0.288. The molecule has 0 fully saturated rings. The van der Waals surface area contributed by atoms with Gasteiger partial charge in [-0.15, -0.1) is 0 Å². The number of ether oxygens (including phenoxy) is 1. The minimum absolute atomic E-state index is 0.156. The lowest BCUT2D eigenvalue weighted by atomic mass is 10.2. The van der Waals surface area contributed by atoms with Gasteiger partial charge >= 0.3 is 0 Å². The molecule has 0 spiro atoms. The van der Waals surface area contributed by atoms with Crippen LogP contribution in [0.1, 0.15) is 11.1 Å². The number of hydrogen-bond acceptors (Lipinski definition) is 3. The van der Waals surface area contributed by atoms with Gasteiger partial charge in [0.1, 0.15) is 12.4 Å². The van der Waals surface area contributed by atoms with Crippen molar-refractivity contribution in [2.45, 2.75) is 13.5 Å². The highest BCUT2D eigenvalue weighted by molar-refractivity contribution is 5.45. The summed E-state index contributed by atoms with van der Waals surface area (Å²) in [4.78, 5) is 4.01. The molecule has 1 aromatic carbocycles. The third kappa shape index (κ3) is 2.72. The molecule has 88 valence electrons. The number of nitrogens with two attached hydrogens (primary N) is 1. The van der Waals surface area contributed by atoms with Crippen LogP contribution in [0.2, 0.25) is 0 Å². The second-order valence-corrected chi connectivity index (χ2v) is 3.76. The summed E-state index contributed by atoms with van der Waals surface area (Å²) in [7, 11) is 0. The Labute approximate surface area is 99.1 Å². The lowest BCUT2D eigenvalue weighted by Crippen LogP contribution is -2.01. The van der Waals surface area contributed by atoms with Gasteiger partial charge in [-0.2, -0.15) is 0 Å². The van der Waals surface area contributed by atoms with Crippen molar-refractivity contribution < 1.29 is 9.13 Å². The fourth-order valence-corrected chi connectivity index (χ4v) is 1.39. The molecule has 1 aromatic heterocycles. The Kier molecular flexibility index (Phi) is 3.23. The number of aromatic nitrogens is 1. The van der Waals surface area contributed by atoms with Crippen LogP contribution in [-0.2, 0) is 6.61 Å². The molecule has 0 saturated carbocycles. The van der Waals surface area contributed by atoms with E-state index in [1.165, 1.54) is 12.3 Å². The van der Waals surface area contributed by atoms with Crippen molar-refractivity contribution >= 4 is 5.69 Å². The maximum atomic E-state index is 13.3.